The van der Waals surface area contributed by atoms with Gasteiger partial charge in [0, 0.05) is 22.3 Å². The maximum Gasteiger partial charge on any atom is 0.102 e. The highest BCUT2D eigenvalue weighted by Crippen LogP contribution is 2.24. The molecule has 0 unspecified atom stereocenters. The minimum Gasteiger partial charge on any atom is -0.545 e. The molecule has 0 aliphatic rings. The summed E-state index contributed by atoms with van der Waals surface area (Å²) in [6.07, 6.45) is 1.45. The Morgan fingerprint density at radius 1 is 1.05 bits per heavy atom. The molecule has 0 bridgehead atoms. The quantitative estimate of drug-likeness (QED) is 0.746. The predicted octanol–water partition coefficient (Wildman–Crippen LogP) is 2.56. The minimum absolute atomic E-state index is 0.0428. The number of carbonyl (C=O) groups is 1. The van der Waals surface area contributed by atoms with Crippen LogP contribution >= 0.6 is 11.6 Å². The number of para-hydroxylation sites is 1. The van der Waals surface area contributed by atoms with Crippen LogP contribution in [0.25, 0.3) is 16.9 Å². The van der Waals surface area contributed by atoms with Crippen LogP contribution in [0.15, 0.2) is 60.8 Å². The van der Waals surface area contributed by atoms with Gasteiger partial charge in [0.1, 0.15) is 5.69 Å². The molecule has 0 spiro atoms. The molecule has 0 saturated heterocycles. The maximum atomic E-state index is 11.3. The van der Waals surface area contributed by atoms with E-state index in [1.54, 1.807) is 24.3 Å². The normalized spacial score (nSPS) is 10.5. The van der Waals surface area contributed by atoms with Crippen molar-refractivity contribution in [3.8, 4) is 16.9 Å². The molecule has 0 radical (unpaired) electrons. The molecule has 1 heterocycles. The molecule has 0 fully saturated rings. The summed E-state index contributed by atoms with van der Waals surface area (Å²) in [5, 5.41) is 16.3. The first-order valence-electron chi connectivity index (χ1n) is 6.27. The van der Waals surface area contributed by atoms with Gasteiger partial charge >= 0.3 is 0 Å². The highest BCUT2D eigenvalue weighted by molar-refractivity contribution is 6.30. The van der Waals surface area contributed by atoms with E-state index in [0.717, 1.165) is 5.69 Å². The Kier molecular flexibility index (Phi) is 3.46. The fourth-order valence-corrected chi connectivity index (χ4v) is 2.18. The Bertz CT molecular complexity index is 780. The second kappa shape index (κ2) is 5.42. The zero-order valence-electron chi connectivity index (χ0n) is 10.9. The number of hydrogen-bond donors (Lipinski definition) is 0. The number of rotatable bonds is 3. The number of nitrogens with zero attached hydrogens (tertiary/aromatic N) is 2. The summed E-state index contributed by atoms with van der Waals surface area (Å²) in [7, 11) is 0. The van der Waals surface area contributed by atoms with Gasteiger partial charge in [-0.1, -0.05) is 41.9 Å². The Labute approximate surface area is 126 Å². The summed E-state index contributed by atoms with van der Waals surface area (Å²) >= 11 is 5.85. The van der Waals surface area contributed by atoms with Gasteiger partial charge in [0.2, 0.25) is 0 Å². The summed E-state index contributed by atoms with van der Waals surface area (Å²) in [6, 6.07) is 16.1. The van der Waals surface area contributed by atoms with Crippen LogP contribution in [0, 0.1) is 0 Å². The summed E-state index contributed by atoms with van der Waals surface area (Å²) < 4.78 is 1.52. The van der Waals surface area contributed by atoms with Crippen molar-refractivity contribution in [3.05, 3.63) is 71.4 Å². The van der Waals surface area contributed by atoms with Crippen molar-refractivity contribution in [3.63, 3.8) is 0 Å². The highest BCUT2D eigenvalue weighted by Gasteiger charge is 2.13. The Hall–Kier alpha value is -2.59. The first-order chi connectivity index (χ1) is 10.1. The lowest BCUT2D eigenvalue weighted by atomic mass is 10.1. The van der Waals surface area contributed by atoms with Crippen LogP contribution in [0.3, 0.4) is 0 Å². The SMILES string of the molecule is O=C([O-])c1cn(-c2ccccc2)nc1-c1ccc(Cl)cc1. The largest absolute Gasteiger partial charge is 0.545 e. The topological polar surface area (TPSA) is 57.9 Å². The summed E-state index contributed by atoms with van der Waals surface area (Å²) in [5.74, 6) is -1.26. The minimum atomic E-state index is -1.26. The smallest absolute Gasteiger partial charge is 0.102 e. The lowest BCUT2D eigenvalue weighted by molar-refractivity contribution is -0.254. The predicted molar refractivity (Wildman–Crippen MR) is 78.3 cm³/mol. The second-order valence-electron chi connectivity index (χ2n) is 4.47. The molecule has 104 valence electrons. The molecule has 4 nitrogen and oxygen atoms in total. The van der Waals surface area contributed by atoms with Gasteiger partial charge in [-0.05, 0) is 24.3 Å². The summed E-state index contributed by atoms with van der Waals surface area (Å²) in [5.41, 5.74) is 1.85. The van der Waals surface area contributed by atoms with Gasteiger partial charge in [0.15, 0.2) is 0 Å². The van der Waals surface area contributed by atoms with E-state index >= 15 is 0 Å². The van der Waals surface area contributed by atoms with E-state index in [1.807, 2.05) is 30.3 Å². The van der Waals surface area contributed by atoms with E-state index in [-0.39, 0.29) is 5.56 Å². The van der Waals surface area contributed by atoms with E-state index in [9.17, 15) is 9.90 Å². The van der Waals surface area contributed by atoms with Crippen molar-refractivity contribution in [2.45, 2.75) is 0 Å². The number of aromatic carboxylic acids is 1. The number of carbonyl (C=O) groups excluding carboxylic acids is 1. The summed E-state index contributed by atoms with van der Waals surface area (Å²) in [6.45, 7) is 0. The molecule has 0 aliphatic heterocycles. The zero-order chi connectivity index (χ0) is 14.8. The van der Waals surface area contributed by atoms with Crippen molar-refractivity contribution in [1.82, 2.24) is 9.78 Å². The molecule has 1 aromatic heterocycles. The fourth-order valence-electron chi connectivity index (χ4n) is 2.06. The van der Waals surface area contributed by atoms with Crippen molar-refractivity contribution in [2.24, 2.45) is 0 Å². The van der Waals surface area contributed by atoms with Crippen LogP contribution in [-0.4, -0.2) is 15.7 Å². The van der Waals surface area contributed by atoms with Crippen molar-refractivity contribution < 1.29 is 9.90 Å². The van der Waals surface area contributed by atoms with Gasteiger partial charge in [-0.15, -0.1) is 0 Å². The Morgan fingerprint density at radius 3 is 2.33 bits per heavy atom. The third-order valence-corrected chi connectivity index (χ3v) is 3.32. The molecular formula is C16H10ClN2O2-. The molecule has 3 aromatic rings. The number of halogens is 1. The van der Waals surface area contributed by atoms with E-state index in [0.29, 0.717) is 16.3 Å². The summed E-state index contributed by atoms with van der Waals surface area (Å²) in [4.78, 5) is 11.3. The van der Waals surface area contributed by atoms with Crippen LogP contribution in [0.4, 0.5) is 0 Å². The molecule has 0 saturated carbocycles. The van der Waals surface area contributed by atoms with Crippen molar-refractivity contribution in [2.75, 3.05) is 0 Å². The van der Waals surface area contributed by atoms with Crippen molar-refractivity contribution >= 4 is 17.6 Å². The van der Waals surface area contributed by atoms with Crippen LogP contribution in [0.2, 0.25) is 5.02 Å². The van der Waals surface area contributed by atoms with E-state index in [2.05, 4.69) is 5.10 Å². The molecule has 3 rings (SSSR count). The fraction of sp³-hybridized carbons (Fsp3) is 0. The monoisotopic (exact) mass is 297 g/mol. The number of carboxylic acids is 1. The molecule has 0 aliphatic carbocycles. The molecule has 2 aromatic carbocycles. The van der Waals surface area contributed by atoms with Gasteiger partial charge in [-0.3, -0.25) is 0 Å². The van der Waals surface area contributed by atoms with Gasteiger partial charge < -0.3 is 9.90 Å². The number of aromatic nitrogens is 2. The molecular weight excluding hydrogens is 288 g/mol. The first-order valence-corrected chi connectivity index (χ1v) is 6.65. The van der Waals surface area contributed by atoms with Crippen molar-refractivity contribution in [1.29, 1.82) is 0 Å². The standard InChI is InChI=1S/C16H11ClN2O2/c17-12-8-6-11(7-9-12)15-14(16(20)21)10-19(18-15)13-4-2-1-3-5-13/h1-10H,(H,20,21)/p-1. The zero-order valence-corrected chi connectivity index (χ0v) is 11.6. The van der Waals surface area contributed by atoms with Gasteiger partial charge in [-0.2, -0.15) is 5.10 Å². The molecule has 5 heteroatoms. The van der Waals surface area contributed by atoms with Gasteiger partial charge in [0.25, 0.3) is 0 Å². The molecule has 0 atom stereocenters. The third-order valence-electron chi connectivity index (χ3n) is 3.07. The maximum absolute atomic E-state index is 11.3. The van der Waals surface area contributed by atoms with E-state index < -0.39 is 5.97 Å². The second-order valence-corrected chi connectivity index (χ2v) is 4.90. The first kappa shape index (κ1) is 13.4. The average molecular weight is 298 g/mol. The molecule has 21 heavy (non-hydrogen) atoms. The number of carboxylic acid groups (broad SMARTS) is 1. The Morgan fingerprint density at radius 2 is 1.71 bits per heavy atom. The van der Waals surface area contributed by atoms with Crippen LogP contribution in [0.1, 0.15) is 10.4 Å². The van der Waals surface area contributed by atoms with Crippen LogP contribution in [-0.2, 0) is 0 Å². The van der Waals surface area contributed by atoms with Gasteiger partial charge in [-0.25, -0.2) is 4.68 Å². The molecule has 0 N–H and O–H groups in total. The van der Waals surface area contributed by atoms with Gasteiger partial charge in [0.05, 0.1) is 11.7 Å². The van der Waals surface area contributed by atoms with E-state index in [1.165, 1.54) is 10.9 Å². The third kappa shape index (κ3) is 2.66. The van der Waals surface area contributed by atoms with E-state index in [4.69, 9.17) is 11.6 Å². The highest BCUT2D eigenvalue weighted by atomic mass is 35.5. The lowest BCUT2D eigenvalue weighted by Gasteiger charge is -2.02. The number of benzene rings is 2. The lowest BCUT2D eigenvalue weighted by Crippen LogP contribution is -2.22. The molecule has 0 amide bonds. The average Bonchev–Trinajstić information content (AvgIpc) is 2.94. The van der Waals surface area contributed by atoms with Crippen LogP contribution < -0.4 is 5.11 Å². The Balaban J connectivity index is 2.14. The van der Waals surface area contributed by atoms with Crippen LogP contribution in [0.5, 0.6) is 0 Å². The number of hydrogen-bond acceptors (Lipinski definition) is 3.